The van der Waals surface area contributed by atoms with Crippen LogP contribution in [0.1, 0.15) is 13.3 Å². The van der Waals surface area contributed by atoms with Crippen molar-refractivity contribution in [2.75, 3.05) is 0 Å². The SMILES string of the molecule is Cl.O=C(O)Oc1ccc(S(=O)(=O)O)cc1.[CH2-]CC.[Na+]. The molecule has 0 atom stereocenters. The van der Waals surface area contributed by atoms with Gasteiger partial charge in [0.2, 0.25) is 0 Å². The van der Waals surface area contributed by atoms with Gasteiger partial charge in [0.1, 0.15) is 5.75 Å². The number of ether oxygens (including phenoxy) is 1. The predicted molar refractivity (Wildman–Crippen MR) is 67.8 cm³/mol. The largest absolute Gasteiger partial charge is 1.00 e. The van der Waals surface area contributed by atoms with Crippen molar-refractivity contribution >= 4 is 28.7 Å². The average molecular weight is 321 g/mol. The summed E-state index contributed by atoms with van der Waals surface area (Å²) < 4.78 is 33.9. The van der Waals surface area contributed by atoms with Crippen LogP contribution in [0.15, 0.2) is 29.2 Å². The molecule has 0 heterocycles. The molecule has 0 unspecified atom stereocenters. The van der Waals surface area contributed by atoms with E-state index in [1.54, 1.807) is 0 Å². The Morgan fingerprint density at radius 3 is 1.95 bits per heavy atom. The third kappa shape index (κ3) is 11.2. The molecule has 19 heavy (non-hydrogen) atoms. The fraction of sp³-hybridized carbons (Fsp3) is 0.200. The van der Waals surface area contributed by atoms with Crippen LogP contribution in [0.2, 0.25) is 0 Å². The summed E-state index contributed by atoms with van der Waals surface area (Å²) in [4.78, 5) is 9.74. The van der Waals surface area contributed by atoms with Crippen molar-refractivity contribution in [3.8, 4) is 5.75 Å². The summed E-state index contributed by atoms with van der Waals surface area (Å²) in [6.45, 7) is 5.50. The molecule has 104 valence electrons. The first-order valence-corrected chi connectivity index (χ1v) is 6.02. The van der Waals surface area contributed by atoms with E-state index >= 15 is 0 Å². The molecule has 0 amide bonds. The van der Waals surface area contributed by atoms with Gasteiger partial charge in [-0.15, -0.1) is 12.4 Å². The Hall–Kier alpha value is -0.310. The molecule has 0 fully saturated rings. The van der Waals surface area contributed by atoms with Crippen LogP contribution in [0.4, 0.5) is 4.79 Å². The van der Waals surface area contributed by atoms with Crippen molar-refractivity contribution in [2.24, 2.45) is 0 Å². The molecule has 0 radical (unpaired) electrons. The molecule has 9 heteroatoms. The Kier molecular flexibility index (Phi) is 14.4. The number of carboxylic acid groups (broad SMARTS) is 1. The fourth-order valence-corrected chi connectivity index (χ4v) is 1.26. The Labute approximate surface area is 140 Å². The maximum atomic E-state index is 10.6. The van der Waals surface area contributed by atoms with Crippen LogP contribution in [0.3, 0.4) is 0 Å². The molecule has 6 nitrogen and oxygen atoms in total. The smallest absolute Gasteiger partial charge is 0.449 e. The van der Waals surface area contributed by atoms with E-state index in [0.29, 0.717) is 0 Å². The molecule has 1 aromatic carbocycles. The molecule has 0 bridgehead atoms. The first kappa shape index (κ1) is 23.8. The number of carbonyl (C=O) groups is 1. The summed E-state index contributed by atoms with van der Waals surface area (Å²) >= 11 is 0. The predicted octanol–water partition coefficient (Wildman–Crippen LogP) is -0.354. The number of rotatable bonds is 2. The van der Waals surface area contributed by atoms with Gasteiger partial charge in [-0.2, -0.15) is 14.8 Å². The third-order valence-corrected chi connectivity index (χ3v) is 2.19. The molecular formula is C10H14ClNaO6S. The Morgan fingerprint density at radius 2 is 1.68 bits per heavy atom. The van der Waals surface area contributed by atoms with Crippen molar-refractivity contribution in [1.29, 1.82) is 0 Å². The van der Waals surface area contributed by atoms with Crippen LogP contribution in [-0.4, -0.2) is 24.2 Å². The maximum absolute atomic E-state index is 10.6. The van der Waals surface area contributed by atoms with E-state index in [2.05, 4.69) is 11.7 Å². The van der Waals surface area contributed by atoms with Gasteiger partial charge in [-0.1, -0.05) is 6.92 Å². The van der Waals surface area contributed by atoms with Gasteiger partial charge in [0.25, 0.3) is 10.1 Å². The van der Waals surface area contributed by atoms with Gasteiger partial charge in [-0.05, 0) is 24.3 Å². The molecule has 0 aliphatic carbocycles. The van der Waals surface area contributed by atoms with Crippen LogP contribution >= 0.6 is 12.4 Å². The van der Waals surface area contributed by atoms with Gasteiger partial charge in [0, 0.05) is 0 Å². The minimum Gasteiger partial charge on any atom is -0.449 e. The molecule has 0 aliphatic heterocycles. The van der Waals surface area contributed by atoms with E-state index in [1.807, 2.05) is 6.92 Å². The van der Waals surface area contributed by atoms with Crippen molar-refractivity contribution in [3.63, 3.8) is 0 Å². The second kappa shape index (κ2) is 11.5. The zero-order chi connectivity index (χ0) is 13.5. The van der Waals surface area contributed by atoms with Gasteiger partial charge >= 0.3 is 35.7 Å². The van der Waals surface area contributed by atoms with Gasteiger partial charge < -0.3 is 16.8 Å². The zero-order valence-electron chi connectivity index (χ0n) is 10.6. The molecular weight excluding hydrogens is 307 g/mol. The molecule has 0 saturated carbocycles. The van der Waals surface area contributed by atoms with Crippen LogP contribution < -0.4 is 34.3 Å². The molecule has 0 aromatic heterocycles. The van der Waals surface area contributed by atoms with Gasteiger partial charge in [0.05, 0.1) is 4.90 Å². The first-order valence-electron chi connectivity index (χ1n) is 4.58. The van der Waals surface area contributed by atoms with Crippen molar-refractivity contribution in [3.05, 3.63) is 31.2 Å². The summed E-state index contributed by atoms with van der Waals surface area (Å²) in [5, 5.41) is 8.21. The van der Waals surface area contributed by atoms with Gasteiger partial charge in [-0.25, -0.2) is 4.79 Å². The Morgan fingerprint density at radius 1 is 1.32 bits per heavy atom. The van der Waals surface area contributed by atoms with Crippen LogP contribution in [-0.2, 0) is 10.1 Å². The van der Waals surface area contributed by atoms with Gasteiger partial charge in [0.15, 0.2) is 0 Å². The van der Waals surface area contributed by atoms with Crippen molar-refractivity contribution < 1.29 is 57.2 Å². The van der Waals surface area contributed by atoms with Crippen LogP contribution in [0, 0.1) is 6.92 Å². The molecule has 1 rings (SSSR count). The number of benzene rings is 1. The Bertz CT molecular complexity index is 459. The summed E-state index contributed by atoms with van der Waals surface area (Å²) in [7, 11) is -4.25. The van der Waals surface area contributed by atoms with Crippen LogP contribution in [0.5, 0.6) is 5.75 Å². The normalized spacial score (nSPS) is 9.00. The van der Waals surface area contributed by atoms with Crippen molar-refractivity contribution in [2.45, 2.75) is 18.2 Å². The monoisotopic (exact) mass is 320 g/mol. The van der Waals surface area contributed by atoms with Crippen LogP contribution in [0.25, 0.3) is 0 Å². The number of halogens is 1. The molecule has 0 aliphatic rings. The van der Waals surface area contributed by atoms with Crippen molar-refractivity contribution in [1.82, 2.24) is 0 Å². The van der Waals surface area contributed by atoms with E-state index in [9.17, 15) is 13.2 Å². The summed E-state index contributed by atoms with van der Waals surface area (Å²) in [5.74, 6) is -0.0232. The topological polar surface area (TPSA) is 101 Å². The molecule has 0 spiro atoms. The summed E-state index contributed by atoms with van der Waals surface area (Å²) in [6.07, 6.45) is -0.496. The number of hydrogen-bond acceptors (Lipinski definition) is 4. The average Bonchev–Trinajstić information content (AvgIpc) is 2.17. The van der Waals surface area contributed by atoms with Gasteiger partial charge in [-0.3, -0.25) is 4.55 Å². The quantitative estimate of drug-likeness (QED) is 0.254. The minimum absolute atomic E-state index is 0. The van der Waals surface area contributed by atoms with E-state index in [1.165, 1.54) is 0 Å². The first-order chi connectivity index (χ1) is 7.81. The molecule has 1 aromatic rings. The molecule has 2 N–H and O–H groups in total. The van der Waals surface area contributed by atoms with E-state index in [0.717, 1.165) is 30.7 Å². The second-order valence-electron chi connectivity index (χ2n) is 2.81. The second-order valence-corrected chi connectivity index (χ2v) is 4.24. The third-order valence-electron chi connectivity index (χ3n) is 1.33. The molecule has 0 saturated heterocycles. The summed E-state index contributed by atoms with van der Waals surface area (Å²) in [5.41, 5.74) is 0. The maximum Gasteiger partial charge on any atom is 1.00 e. The fourth-order valence-electron chi connectivity index (χ4n) is 0.780. The van der Waals surface area contributed by atoms with E-state index in [-0.39, 0.29) is 52.6 Å². The summed E-state index contributed by atoms with van der Waals surface area (Å²) in [6, 6.07) is 4.32. The standard InChI is InChI=1S/C7H6O6S.C3H7.ClH.Na/c8-7(9)13-5-1-3-6(4-2-5)14(10,11)12;1-3-2;;/h1-4H,(H,8,9)(H,10,11,12);1,3H2,2H3;1H;/q;-1;;+1. The van der Waals surface area contributed by atoms with E-state index < -0.39 is 16.3 Å². The van der Waals surface area contributed by atoms with E-state index in [4.69, 9.17) is 9.66 Å². The number of hydrogen-bond donors (Lipinski definition) is 2. The minimum atomic E-state index is -4.25. The Balaban J connectivity index is -0.000000468. The zero-order valence-corrected chi connectivity index (χ0v) is 14.2.